The summed E-state index contributed by atoms with van der Waals surface area (Å²) in [5.41, 5.74) is 1.57. The minimum absolute atomic E-state index is 0.304. The monoisotopic (exact) mass is 331 g/mol. The molecule has 0 aromatic heterocycles. The average Bonchev–Trinajstić information content (AvgIpc) is 2.54. The second-order valence-corrected chi connectivity index (χ2v) is 6.01. The average molecular weight is 331 g/mol. The number of hydrogen-bond acceptors (Lipinski definition) is 2. The van der Waals surface area contributed by atoms with E-state index in [2.05, 4.69) is 27.2 Å². The van der Waals surface area contributed by atoms with Crippen LogP contribution in [-0.4, -0.2) is 42.1 Å². The number of para-hydroxylation sites is 1. The van der Waals surface area contributed by atoms with Crippen LogP contribution >= 0.6 is 12.2 Å². The van der Waals surface area contributed by atoms with Gasteiger partial charge in [-0.15, -0.1) is 0 Å². The lowest BCUT2D eigenvalue weighted by Gasteiger charge is -2.27. The summed E-state index contributed by atoms with van der Waals surface area (Å²) in [7, 11) is 4.04. The lowest BCUT2D eigenvalue weighted by atomic mass is 10.2. The van der Waals surface area contributed by atoms with Gasteiger partial charge in [-0.05, 0) is 44.0 Å². The van der Waals surface area contributed by atoms with Crippen molar-refractivity contribution in [1.82, 2.24) is 9.80 Å². The van der Waals surface area contributed by atoms with E-state index >= 15 is 0 Å². The van der Waals surface area contributed by atoms with E-state index in [1.165, 1.54) is 11.6 Å². The first kappa shape index (κ1) is 17.4. The summed E-state index contributed by atoms with van der Waals surface area (Å²) in [5.74, 6) is -0.304. The minimum Gasteiger partial charge on any atom is -0.343 e. The van der Waals surface area contributed by atoms with Crippen LogP contribution in [0.4, 0.5) is 10.1 Å². The third kappa shape index (κ3) is 5.62. The molecule has 0 aliphatic heterocycles. The quantitative estimate of drug-likeness (QED) is 0.815. The van der Waals surface area contributed by atoms with Crippen LogP contribution in [0.15, 0.2) is 54.6 Å². The van der Waals surface area contributed by atoms with Gasteiger partial charge < -0.3 is 15.1 Å². The van der Waals surface area contributed by atoms with E-state index in [0.717, 1.165) is 13.1 Å². The molecule has 0 radical (unpaired) electrons. The maximum atomic E-state index is 13.8. The van der Waals surface area contributed by atoms with E-state index in [-0.39, 0.29) is 5.82 Å². The van der Waals surface area contributed by atoms with E-state index in [1.54, 1.807) is 18.2 Å². The Labute approximate surface area is 142 Å². The lowest BCUT2D eigenvalue weighted by molar-refractivity contribution is 0.328. The highest BCUT2D eigenvalue weighted by molar-refractivity contribution is 7.80. The largest absolute Gasteiger partial charge is 0.343 e. The summed E-state index contributed by atoms with van der Waals surface area (Å²) < 4.78 is 13.8. The molecule has 0 amide bonds. The molecule has 3 nitrogen and oxygen atoms in total. The number of nitrogens with zero attached hydrogens (tertiary/aromatic N) is 2. The summed E-state index contributed by atoms with van der Waals surface area (Å²) in [4.78, 5) is 4.15. The summed E-state index contributed by atoms with van der Waals surface area (Å²) in [5, 5.41) is 3.55. The van der Waals surface area contributed by atoms with Gasteiger partial charge in [0.1, 0.15) is 5.82 Å². The predicted molar refractivity (Wildman–Crippen MR) is 98.0 cm³/mol. The van der Waals surface area contributed by atoms with Gasteiger partial charge in [-0.3, -0.25) is 0 Å². The van der Waals surface area contributed by atoms with Gasteiger partial charge in [0.2, 0.25) is 0 Å². The molecule has 2 aromatic rings. The van der Waals surface area contributed by atoms with Gasteiger partial charge in [0.25, 0.3) is 0 Å². The number of thiocarbonyl (C=S) groups is 1. The van der Waals surface area contributed by atoms with Gasteiger partial charge in [0.15, 0.2) is 5.11 Å². The predicted octanol–water partition coefficient (Wildman–Crippen LogP) is 3.59. The molecule has 0 spiro atoms. The molecule has 122 valence electrons. The number of likely N-dealkylation sites (N-methyl/N-ethyl adjacent to an activating group) is 1. The Morgan fingerprint density at radius 1 is 1.00 bits per heavy atom. The fourth-order valence-electron chi connectivity index (χ4n) is 2.13. The highest BCUT2D eigenvalue weighted by Gasteiger charge is 2.12. The zero-order valence-electron chi connectivity index (χ0n) is 13.5. The number of nitrogens with one attached hydrogen (secondary N) is 1. The second kappa shape index (κ2) is 8.60. The summed E-state index contributed by atoms with van der Waals surface area (Å²) in [6.07, 6.45) is 0. The van der Waals surface area contributed by atoms with Crippen LogP contribution < -0.4 is 5.32 Å². The molecule has 0 atom stereocenters. The van der Waals surface area contributed by atoms with Crippen molar-refractivity contribution in [1.29, 1.82) is 0 Å². The smallest absolute Gasteiger partial charge is 0.173 e. The molecule has 2 aromatic carbocycles. The van der Waals surface area contributed by atoms with Crippen LogP contribution in [0.3, 0.4) is 0 Å². The molecule has 0 aliphatic carbocycles. The van der Waals surface area contributed by atoms with Crippen LogP contribution in [0.5, 0.6) is 0 Å². The van der Waals surface area contributed by atoms with Crippen molar-refractivity contribution in [2.45, 2.75) is 6.54 Å². The Kier molecular flexibility index (Phi) is 6.50. The van der Waals surface area contributed by atoms with E-state index in [9.17, 15) is 4.39 Å². The van der Waals surface area contributed by atoms with E-state index in [1.807, 2.05) is 32.3 Å². The van der Waals surface area contributed by atoms with Crippen LogP contribution in [0.1, 0.15) is 5.56 Å². The molecule has 5 heteroatoms. The van der Waals surface area contributed by atoms with Crippen LogP contribution in [0, 0.1) is 5.82 Å². The van der Waals surface area contributed by atoms with Crippen molar-refractivity contribution < 1.29 is 4.39 Å². The zero-order chi connectivity index (χ0) is 16.7. The minimum atomic E-state index is -0.304. The maximum absolute atomic E-state index is 13.8. The Balaban J connectivity index is 2.09. The molecular weight excluding hydrogens is 309 g/mol. The van der Waals surface area contributed by atoms with E-state index in [4.69, 9.17) is 12.2 Å². The molecule has 0 saturated heterocycles. The Bertz CT molecular complexity index is 631. The van der Waals surface area contributed by atoms with Gasteiger partial charge >= 0.3 is 0 Å². The van der Waals surface area contributed by atoms with Gasteiger partial charge in [-0.1, -0.05) is 42.5 Å². The van der Waals surface area contributed by atoms with Crippen molar-refractivity contribution in [2.24, 2.45) is 0 Å². The van der Waals surface area contributed by atoms with Gasteiger partial charge in [0.05, 0.1) is 5.69 Å². The molecule has 0 bridgehead atoms. The topological polar surface area (TPSA) is 18.5 Å². The molecule has 0 fully saturated rings. The van der Waals surface area contributed by atoms with Crippen molar-refractivity contribution in [2.75, 3.05) is 32.5 Å². The van der Waals surface area contributed by atoms with Crippen molar-refractivity contribution in [3.63, 3.8) is 0 Å². The third-order valence-electron chi connectivity index (χ3n) is 3.44. The Morgan fingerprint density at radius 2 is 1.65 bits per heavy atom. The molecule has 0 saturated carbocycles. The second-order valence-electron chi connectivity index (χ2n) is 5.62. The summed E-state index contributed by atoms with van der Waals surface area (Å²) >= 11 is 5.50. The Hall–Kier alpha value is -1.98. The third-order valence-corrected chi connectivity index (χ3v) is 3.80. The highest BCUT2D eigenvalue weighted by atomic mass is 32.1. The first-order valence-corrected chi connectivity index (χ1v) is 7.96. The normalized spacial score (nSPS) is 10.6. The lowest BCUT2D eigenvalue weighted by Crippen LogP contribution is -2.38. The molecule has 23 heavy (non-hydrogen) atoms. The fourth-order valence-corrected chi connectivity index (χ4v) is 2.40. The summed E-state index contributed by atoms with van der Waals surface area (Å²) in [6, 6.07) is 16.7. The SMILES string of the molecule is CN(C)CCN(Cc1ccccc1)C(=S)Nc1ccccc1F. The molecule has 2 rings (SSSR count). The van der Waals surface area contributed by atoms with Crippen LogP contribution in [0.25, 0.3) is 0 Å². The standard InChI is InChI=1S/C18H22FN3S/c1-21(2)12-13-22(14-15-8-4-3-5-9-15)18(23)20-17-11-7-6-10-16(17)19/h3-11H,12-14H2,1-2H3,(H,20,23). The highest BCUT2D eigenvalue weighted by Crippen LogP contribution is 2.14. The van der Waals surface area contributed by atoms with E-state index < -0.39 is 0 Å². The molecule has 0 aliphatic rings. The molecule has 0 unspecified atom stereocenters. The van der Waals surface area contributed by atoms with Gasteiger partial charge in [-0.2, -0.15) is 0 Å². The van der Waals surface area contributed by atoms with E-state index in [0.29, 0.717) is 17.3 Å². The number of anilines is 1. The first-order valence-electron chi connectivity index (χ1n) is 7.55. The zero-order valence-corrected chi connectivity index (χ0v) is 14.3. The fraction of sp³-hybridized carbons (Fsp3) is 0.278. The number of hydrogen-bond donors (Lipinski definition) is 1. The molecule has 1 N–H and O–H groups in total. The summed E-state index contributed by atoms with van der Waals surface area (Å²) in [6.45, 7) is 2.32. The van der Waals surface area contributed by atoms with Crippen LogP contribution in [-0.2, 0) is 6.54 Å². The van der Waals surface area contributed by atoms with Gasteiger partial charge in [-0.25, -0.2) is 4.39 Å². The molecule has 0 heterocycles. The Morgan fingerprint density at radius 3 is 2.30 bits per heavy atom. The van der Waals surface area contributed by atoms with Crippen molar-refractivity contribution >= 4 is 23.0 Å². The van der Waals surface area contributed by atoms with Crippen molar-refractivity contribution in [3.8, 4) is 0 Å². The number of halogens is 1. The first-order chi connectivity index (χ1) is 11.1. The molecular formula is C18H22FN3S. The van der Waals surface area contributed by atoms with Crippen molar-refractivity contribution in [3.05, 3.63) is 66.0 Å². The maximum Gasteiger partial charge on any atom is 0.173 e. The van der Waals surface area contributed by atoms with Gasteiger partial charge in [0, 0.05) is 19.6 Å². The van der Waals surface area contributed by atoms with Crippen LogP contribution in [0.2, 0.25) is 0 Å². The number of rotatable bonds is 6. The number of benzene rings is 2.